The van der Waals surface area contributed by atoms with Crippen LogP contribution in [0.1, 0.15) is 41.0 Å². The maximum absolute atomic E-state index is 10.9. The highest BCUT2D eigenvalue weighted by Gasteiger charge is 2.33. The Bertz CT molecular complexity index is 255. The molecular weight excluding hydrogens is 224 g/mol. The fraction of sp³-hybridized carbons (Fsp3) is 0.909. The molecule has 1 heterocycles. The van der Waals surface area contributed by atoms with Crippen LogP contribution in [0.25, 0.3) is 0 Å². The molecule has 0 aromatic carbocycles. The molecule has 0 spiro atoms. The molecule has 0 fully saturated rings. The van der Waals surface area contributed by atoms with Crippen LogP contribution in [-0.4, -0.2) is 35.7 Å². The van der Waals surface area contributed by atoms with Gasteiger partial charge in [-0.1, -0.05) is 0 Å². The van der Waals surface area contributed by atoms with Gasteiger partial charge in [-0.25, -0.2) is 4.79 Å². The van der Waals surface area contributed by atoms with Crippen LogP contribution < -0.4 is 0 Å². The van der Waals surface area contributed by atoms with E-state index in [4.69, 9.17) is 14.6 Å². The molecular formula is C11H22N2O4. The van der Waals surface area contributed by atoms with Crippen molar-refractivity contribution in [2.75, 3.05) is 6.61 Å². The highest BCUT2D eigenvalue weighted by atomic mass is 16.7. The lowest BCUT2D eigenvalue weighted by Crippen LogP contribution is -2.16. The SMILES string of the molecule is CC(C)O.CC(C)OC(=O)OCCC1(C)N=N1. The second-order valence-electron chi connectivity index (χ2n) is 4.53. The van der Waals surface area contributed by atoms with Crippen LogP contribution in [0.4, 0.5) is 4.79 Å². The Morgan fingerprint density at radius 1 is 1.29 bits per heavy atom. The Morgan fingerprint density at radius 2 is 1.76 bits per heavy atom. The molecule has 0 atom stereocenters. The van der Waals surface area contributed by atoms with Crippen molar-refractivity contribution >= 4 is 6.16 Å². The van der Waals surface area contributed by atoms with E-state index in [1.54, 1.807) is 27.7 Å². The van der Waals surface area contributed by atoms with Gasteiger partial charge >= 0.3 is 6.16 Å². The molecule has 1 aliphatic heterocycles. The molecule has 0 aromatic rings. The zero-order valence-corrected chi connectivity index (χ0v) is 11.1. The molecule has 0 bridgehead atoms. The number of carbonyl (C=O) groups excluding carboxylic acids is 1. The Balaban J connectivity index is 0.000000557. The smallest absolute Gasteiger partial charge is 0.434 e. The van der Waals surface area contributed by atoms with Gasteiger partial charge in [-0.3, -0.25) is 0 Å². The summed E-state index contributed by atoms with van der Waals surface area (Å²) in [6.45, 7) is 9.17. The van der Waals surface area contributed by atoms with Gasteiger partial charge in [0.1, 0.15) is 0 Å². The van der Waals surface area contributed by atoms with Crippen molar-refractivity contribution in [3.8, 4) is 0 Å². The third-order valence-corrected chi connectivity index (χ3v) is 1.57. The molecule has 0 aliphatic carbocycles. The lowest BCUT2D eigenvalue weighted by atomic mass is 10.2. The normalized spacial score (nSPS) is 15.3. The summed E-state index contributed by atoms with van der Waals surface area (Å²) in [4.78, 5) is 10.9. The third-order valence-electron chi connectivity index (χ3n) is 1.57. The van der Waals surface area contributed by atoms with Crippen LogP contribution in [0.3, 0.4) is 0 Å². The summed E-state index contributed by atoms with van der Waals surface area (Å²) in [7, 11) is 0. The standard InChI is InChI=1S/C8H14N2O3.C3H8O/c1-6(2)13-7(11)12-5-4-8(3)9-10-8;1-3(2)4/h6H,4-5H2,1-3H3;3-4H,1-2H3. The number of hydrogen-bond donors (Lipinski definition) is 1. The maximum atomic E-state index is 10.9. The Hall–Kier alpha value is -1.17. The van der Waals surface area contributed by atoms with Crippen molar-refractivity contribution in [2.24, 2.45) is 10.2 Å². The summed E-state index contributed by atoms with van der Waals surface area (Å²) in [5.74, 6) is 0. The van der Waals surface area contributed by atoms with Crippen LogP contribution in [0.2, 0.25) is 0 Å². The number of ether oxygens (including phenoxy) is 2. The minimum absolute atomic E-state index is 0.140. The Morgan fingerprint density at radius 3 is 2.12 bits per heavy atom. The van der Waals surface area contributed by atoms with Gasteiger partial charge in [0.2, 0.25) is 0 Å². The summed E-state index contributed by atoms with van der Waals surface area (Å²) in [6, 6.07) is 0. The molecule has 1 N–H and O–H groups in total. The van der Waals surface area contributed by atoms with Gasteiger partial charge in [-0.05, 0) is 34.6 Å². The van der Waals surface area contributed by atoms with Crippen molar-refractivity contribution < 1.29 is 19.4 Å². The summed E-state index contributed by atoms with van der Waals surface area (Å²) in [5.41, 5.74) is -0.307. The van der Waals surface area contributed by atoms with E-state index < -0.39 is 6.16 Å². The predicted molar refractivity (Wildman–Crippen MR) is 62.8 cm³/mol. The molecule has 1 aliphatic rings. The molecule has 6 nitrogen and oxygen atoms in total. The van der Waals surface area contributed by atoms with Gasteiger partial charge in [0.05, 0.1) is 12.7 Å². The molecule has 6 heteroatoms. The van der Waals surface area contributed by atoms with E-state index in [9.17, 15) is 4.79 Å². The maximum Gasteiger partial charge on any atom is 0.508 e. The molecule has 0 unspecified atom stereocenters. The molecule has 0 saturated heterocycles. The van der Waals surface area contributed by atoms with Crippen LogP contribution in [0, 0.1) is 0 Å². The minimum atomic E-state index is -0.626. The van der Waals surface area contributed by atoms with E-state index in [0.717, 1.165) is 0 Å². The number of carbonyl (C=O) groups is 1. The van der Waals surface area contributed by atoms with Crippen molar-refractivity contribution in [3.05, 3.63) is 0 Å². The molecule has 100 valence electrons. The van der Waals surface area contributed by atoms with E-state index >= 15 is 0 Å². The van der Waals surface area contributed by atoms with Crippen LogP contribution >= 0.6 is 0 Å². The quantitative estimate of drug-likeness (QED) is 0.773. The number of hydrogen-bond acceptors (Lipinski definition) is 6. The van der Waals surface area contributed by atoms with Crippen LogP contribution in [0.5, 0.6) is 0 Å². The molecule has 0 radical (unpaired) electrons. The van der Waals surface area contributed by atoms with Crippen molar-refractivity contribution in [2.45, 2.75) is 58.9 Å². The zero-order chi connectivity index (χ0) is 13.5. The highest BCUT2D eigenvalue weighted by Crippen LogP contribution is 2.30. The average molecular weight is 246 g/mol. The van der Waals surface area contributed by atoms with Crippen molar-refractivity contribution in [3.63, 3.8) is 0 Å². The van der Waals surface area contributed by atoms with Crippen molar-refractivity contribution in [1.29, 1.82) is 0 Å². The molecule has 0 amide bonds. The topological polar surface area (TPSA) is 80.5 Å². The fourth-order valence-corrected chi connectivity index (χ4v) is 0.740. The molecule has 1 rings (SSSR count). The molecule has 0 aromatic heterocycles. The van der Waals surface area contributed by atoms with Gasteiger partial charge in [0, 0.05) is 12.5 Å². The van der Waals surface area contributed by atoms with E-state index in [1.807, 2.05) is 6.92 Å². The zero-order valence-electron chi connectivity index (χ0n) is 11.1. The first-order valence-corrected chi connectivity index (χ1v) is 5.71. The monoisotopic (exact) mass is 246 g/mol. The predicted octanol–water partition coefficient (Wildman–Crippen LogP) is 2.51. The molecule has 0 saturated carbocycles. The lowest BCUT2D eigenvalue weighted by Gasteiger charge is -2.08. The summed E-state index contributed by atoms with van der Waals surface area (Å²) < 4.78 is 9.55. The van der Waals surface area contributed by atoms with Crippen LogP contribution in [0.15, 0.2) is 10.2 Å². The van der Waals surface area contributed by atoms with E-state index in [2.05, 4.69) is 10.2 Å². The fourth-order valence-electron chi connectivity index (χ4n) is 0.740. The highest BCUT2D eigenvalue weighted by molar-refractivity contribution is 5.59. The van der Waals surface area contributed by atoms with Crippen molar-refractivity contribution in [1.82, 2.24) is 0 Å². The number of rotatable bonds is 4. The first-order chi connectivity index (χ1) is 7.75. The first kappa shape index (κ1) is 15.8. The average Bonchev–Trinajstić information content (AvgIpc) is 2.81. The Labute approximate surface area is 102 Å². The summed E-state index contributed by atoms with van der Waals surface area (Å²) in [6.07, 6.45) is -0.308. The second-order valence-corrected chi connectivity index (χ2v) is 4.53. The van der Waals surface area contributed by atoms with Gasteiger partial charge in [-0.15, -0.1) is 0 Å². The number of aliphatic hydroxyl groups excluding tert-OH is 1. The van der Waals surface area contributed by atoms with Gasteiger partial charge in [0.25, 0.3) is 0 Å². The number of aliphatic hydroxyl groups is 1. The first-order valence-electron chi connectivity index (χ1n) is 5.71. The van der Waals surface area contributed by atoms with E-state index in [-0.39, 0.29) is 17.9 Å². The van der Waals surface area contributed by atoms with Gasteiger partial charge < -0.3 is 14.6 Å². The largest absolute Gasteiger partial charge is 0.508 e. The van der Waals surface area contributed by atoms with E-state index in [1.165, 1.54) is 0 Å². The van der Waals surface area contributed by atoms with Gasteiger partial charge in [-0.2, -0.15) is 10.2 Å². The van der Waals surface area contributed by atoms with Gasteiger partial charge in [0.15, 0.2) is 5.66 Å². The number of nitrogens with zero attached hydrogens (tertiary/aromatic N) is 2. The van der Waals surface area contributed by atoms with E-state index in [0.29, 0.717) is 13.0 Å². The van der Waals surface area contributed by atoms with Crippen LogP contribution in [-0.2, 0) is 9.47 Å². The second kappa shape index (κ2) is 7.21. The summed E-state index contributed by atoms with van der Waals surface area (Å²) >= 11 is 0. The summed E-state index contributed by atoms with van der Waals surface area (Å²) in [5, 5.41) is 15.6. The Kier molecular flexibility index (Phi) is 6.72. The minimum Gasteiger partial charge on any atom is -0.434 e. The third kappa shape index (κ3) is 11.1. The lowest BCUT2D eigenvalue weighted by molar-refractivity contribution is 0.0326. The molecule has 17 heavy (non-hydrogen) atoms.